The van der Waals surface area contributed by atoms with Crippen LogP contribution in [0, 0.1) is 29.1 Å². The van der Waals surface area contributed by atoms with E-state index in [0.717, 1.165) is 4.90 Å². The number of rotatable bonds is 23. The van der Waals surface area contributed by atoms with Crippen molar-refractivity contribution >= 4 is 53.2 Å². The number of esters is 1. The van der Waals surface area contributed by atoms with Gasteiger partial charge in [-0.05, 0) is 48.3 Å². The predicted octanol–water partition coefficient (Wildman–Crippen LogP) is 3.73. The Kier molecular flexibility index (Phi) is 19.6. The van der Waals surface area contributed by atoms with Crippen LogP contribution in [0.1, 0.15) is 92.6 Å². The first-order chi connectivity index (χ1) is 26.7. The summed E-state index contributed by atoms with van der Waals surface area (Å²) in [6, 6.07) is 4.96. The molecular formula is C40H62N6O11. The molecule has 318 valence electrons. The van der Waals surface area contributed by atoms with Crippen molar-refractivity contribution in [2.75, 3.05) is 45.4 Å². The molecule has 17 heteroatoms. The zero-order valence-electron chi connectivity index (χ0n) is 34.6. The van der Waals surface area contributed by atoms with E-state index in [1.54, 1.807) is 50.1 Å². The molecule has 1 fully saturated rings. The number of alkyl carbamates (subject to hydrolysis) is 1. The zero-order chi connectivity index (χ0) is 42.9. The van der Waals surface area contributed by atoms with Gasteiger partial charge in [-0.3, -0.25) is 33.7 Å². The Bertz CT molecular complexity index is 1560. The summed E-state index contributed by atoms with van der Waals surface area (Å²) in [6.07, 6.45) is 0.205. The molecule has 0 radical (unpaired) electrons. The minimum absolute atomic E-state index is 0.00647. The minimum atomic E-state index is -0.989. The Balaban J connectivity index is 1.91. The molecule has 3 unspecified atom stereocenters. The number of primary amides is 1. The van der Waals surface area contributed by atoms with Gasteiger partial charge in [0, 0.05) is 56.9 Å². The Morgan fingerprint density at radius 2 is 1.63 bits per heavy atom. The van der Waals surface area contributed by atoms with Crippen molar-refractivity contribution in [1.29, 1.82) is 0 Å². The highest BCUT2D eigenvalue weighted by molar-refractivity contribution is 6.03. The van der Waals surface area contributed by atoms with Crippen LogP contribution in [0.4, 0.5) is 15.3 Å². The van der Waals surface area contributed by atoms with Gasteiger partial charge in [0.25, 0.3) is 0 Å². The second kappa shape index (κ2) is 23.2. The summed E-state index contributed by atoms with van der Waals surface area (Å²) in [4.78, 5) is 103. The van der Waals surface area contributed by atoms with Crippen LogP contribution < -0.4 is 21.7 Å². The van der Waals surface area contributed by atoms with Crippen molar-refractivity contribution in [2.45, 2.75) is 99.6 Å². The molecule has 2 rings (SSSR count). The molecule has 0 aliphatic carbocycles. The normalized spacial score (nSPS) is 15.3. The van der Waals surface area contributed by atoms with Gasteiger partial charge < -0.3 is 40.8 Å². The lowest BCUT2D eigenvalue weighted by molar-refractivity contribution is -0.147. The topological polar surface area (TPSA) is 233 Å². The highest BCUT2D eigenvalue weighted by Gasteiger charge is 2.44. The second-order valence-electron chi connectivity index (χ2n) is 16.0. The largest absolute Gasteiger partial charge is 0.461 e. The van der Waals surface area contributed by atoms with E-state index in [0.29, 0.717) is 30.6 Å². The number of likely N-dealkylation sites (tertiary alicyclic amines) is 1. The van der Waals surface area contributed by atoms with Gasteiger partial charge in [0.1, 0.15) is 19.9 Å². The standard InChI is InChI=1S/C40H62N6O11/c1-25(2)34(44-39(54)56-20-19-55-24-46-32(48)22-30(37(46)52)40(5,6)7)31(47)21-28(11-9-17-42-38(41)53)35(50)43-29-15-13-27(14-16-29)23-57-33(49)12-10-18-45(8)36(51)26(3)4/h13-16,25-26,28,30,34H,9-12,17-24H2,1-8H3,(H,43,50)(H,44,54)(H3,41,42,53). The third-order valence-electron chi connectivity index (χ3n) is 9.47. The van der Waals surface area contributed by atoms with Crippen LogP contribution in [-0.4, -0.2) is 103 Å². The van der Waals surface area contributed by atoms with Crippen molar-refractivity contribution in [3.05, 3.63) is 29.8 Å². The molecule has 3 atom stereocenters. The van der Waals surface area contributed by atoms with E-state index < -0.39 is 47.7 Å². The number of amides is 7. The minimum Gasteiger partial charge on any atom is -0.461 e. The fourth-order valence-corrected chi connectivity index (χ4v) is 6.06. The van der Waals surface area contributed by atoms with Crippen LogP contribution in [-0.2, 0) is 49.6 Å². The van der Waals surface area contributed by atoms with E-state index in [1.165, 1.54) is 0 Å². The Labute approximate surface area is 335 Å². The number of ketones is 1. The average Bonchev–Trinajstić information content (AvgIpc) is 3.43. The number of imide groups is 1. The van der Waals surface area contributed by atoms with E-state index in [4.69, 9.17) is 19.9 Å². The molecular weight excluding hydrogens is 740 g/mol. The van der Waals surface area contributed by atoms with E-state index in [1.807, 2.05) is 34.6 Å². The summed E-state index contributed by atoms with van der Waals surface area (Å²) in [5.41, 5.74) is 5.93. The summed E-state index contributed by atoms with van der Waals surface area (Å²) < 4.78 is 16.0. The number of nitrogens with one attached hydrogen (secondary N) is 3. The molecule has 1 aliphatic rings. The number of hydrogen-bond donors (Lipinski definition) is 4. The van der Waals surface area contributed by atoms with Crippen molar-refractivity contribution in [3.8, 4) is 0 Å². The van der Waals surface area contributed by atoms with E-state index in [2.05, 4.69) is 16.0 Å². The van der Waals surface area contributed by atoms with Gasteiger partial charge in [-0.25, -0.2) is 9.59 Å². The Morgan fingerprint density at radius 3 is 2.21 bits per heavy atom. The molecule has 5 N–H and O–H groups in total. The summed E-state index contributed by atoms with van der Waals surface area (Å²) >= 11 is 0. The molecule has 0 aromatic heterocycles. The van der Waals surface area contributed by atoms with Gasteiger partial charge in [0.2, 0.25) is 23.6 Å². The molecule has 1 heterocycles. The summed E-state index contributed by atoms with van der Waals surface area (Å²) in [5.74, 6) is -3.62. The van der Waals surface area contributed by atoms with Crippen molar-refractivity contribution in [1.82, 2.24) is 20.4 Å². The smallest absolute Gasteiger partial charge is 0.407 e. The maximum atomic E-state index is 13.5. The molecule has 1 saturated heterocycles. The maximum absolute atomic E-state index is 13.5. The number of benzene rings is 1. The summed E-state index contributed by atoms with van der Waals surface area (Å²) in [7, 11) is 1.70. The number of urea groups is 1. The SMILES string of the molecule is CC(C)C(=O)N(C)CCCC(=O)OCc1ccc(NC(=O)C(CCCNC(N)=O)CC(=O)C(NC(=O)OCCOCN2C(=O)CC(C(C)(C)C)C2=O)C(C)C)cc1. The number of carbonyl (C=O) groups excluding carboxylic acids is 8. The number of nitrogens with two attached hydrogens (primary N) is 1. The highest BCUT2D eigenvalue weighted by Crippen LogP contribution is 2.35. The first kappa shape index (κ1) is 48.1. The molecule has 0 spiro atoms. The molecule has 1 aromatic rings. The number of hydrogen-bond acceptors (Lipinski definition) is 11. The number of ether oxygens (including phenoxy) is 3. The third kappa shape index (κ3) is 16.9. The number of Topliss-reactive ketones (excluding diaryl/α,β-unsaturated/α-hetero) is 1. The zero-order valence-corrected chi connectivity index (χ0v) is 34.6. The number of nitrogens with zero attached hydrogens (tertiary/aromatic N) is 2. The lowest BCUT2D eigenvalue weighted by Gasteiger charge is -2.24. The first-order valence-electron chi connectivity index (χ1n) is 19.4. The van der Waals surface area contributed by atoms with Crippen molar-refractivity contribution in [2.24, 2.45) is 34.8 Å². The number of anilines is 1. The van der Waals surface area contributed by atoms with Crippen LogP contribution in [0.25, 0.3) is 0 Å². The van der Waals surface area contributed by atoms with Gasteiger partial charge in [0.05, 0.1) is 18.6 Å². The van der Waals surface area contributed by atoms with Crippen LogP contribution in [0.3, 0.4) is 0 Å². The fourth-order valence-electron chi connectivity index (χ4n) is 6.06. The van der Waals surface area contributed by atoms with E-state index >= 15 is 0 Å². The Morgan fingerprint density at radius 1 is 0.965 bits per heavy atom. The van der Waals surface area contributed by atoms with Crippen LogP contribution in [0.2, 0.25) is 0 Å². The molecule has 0 saturated carbocycles. The highest BCUT2D eigenvalue weighted by atomic mass is 16.6. The van der Waals surface area contributed by atoms with Gasteiger partial charge in [-0.1, -0.05) is 60.6 Å². The lowest BCUT2D eigenvalue weighted by Crippen LogP contribution is -2.46. The van der Waals surface area contributed by atoms with Gasteiger partial charge >= 0.3 is 18.1 Å². The lowest BCUT2D eigenvalue weighted by atomic mass is 9.80. The number of carbonyl (C=O) groups is 8. The second-order valence-corrected chi connectivity index (χ2v) is 16.0. The predicted molar refractivity (Wildman–Crippen MR) is 210 cm³/mol. The molecule has 57 heavy (non-hydrogen) atoms. The van der Waals surface area contributed by atoms with Gasteiger partial charge in [-0.15, -0.1) is 0 Å². The quantitative estimate of drug-likeness (QED) is 0.0707. The van der Waals surface area contributed by atoms with Crippen molar-refractivity contribution in [3.63, 3.8) is 0 Å². The summed E-state index contributed by atoms with van der Waals surface area (Å²) in [5, 5.41) is 7.85. The van der Waals surface area contributed by atoms with E-state index in [-0.39, 0.29) is 93.8 Å². The average molecular weight is 803 g/mol. The molecule has 0 bridgehead atoms. The molecule has 7 amide bonds. The van der Waals surface area contributed by atoms with Crippen LogP contribution in [0.5, 0.6) is 0 Å². The third-order valence-corrected chi connectivity index (χ3v) is 9.47. The van der Waals surface area contributed by atoms with Crippen LogP contribution >= 0.6 is 0 Å². The van der Waals surface area contributed by atoms with Gasteiger partial charge in [-0.2, -0.15) is 0 Å². The van der Waals surface area contributed by atoms with E-state index in [9.17, 15) is 38.4 Å². The van der Waals surface area contributed by atoms with Gasteiger partial charge in [0.15, 0.2) is 5.78 Å². The molecule has 1 aromatic carbocycles. The molecule has 1 aliphatic heterocycles. The Hall–Kier alpha value is -5.06. The maximum Gasteiger partial charge on any atom is 0.407 e. The van der Waals surface area contributed by atoms with Crippen molar-refractivity contribution < 1.29 is 52.6 Å². The monoisotopic (exact) mass is 802 g/mol. The molecule has 17 nitrogen and oxygen atoms in total. The van der Waals surface area contributed by atoms with Crippen LogP contribution in [0.15, 0.2) is 24.3 Å². The first-order valence-corrected chi connectivity index (χ1v) is 19.4. The summed E-state index contributed by atoms with van der Waals surface area (Å²) in [6.45, 7) is 12.9. The fraction of sp³-hybridized carbons (Fsp3) is 0.650.